The first-order valence-electron chi connectivity index (χ1n) is 5.43. The fourth-order valence-corrected chi connectivity index (χ4v) is 1.36. The molecular weight excluding hydrogens is 228 g/mol. The quantitative estimate of drug-likeness (QED) is 0.761. The van der Waals surface area contributed by atoms with Gasteiger partial charge in [-0.2, -0.15) is 0 Å². The minimum atomic E-state index is -2.78. The number of nitrogens with zero attached hydrogens (tertiary/aromatic N) is 1. The first kappa shape index (κ1) is 13.5. The number of aromatic nitrogens is 1. The molecule has 1 aromatic rings. The molecule has 0 aromatic carbocycles. The van der Waals surface area contributed by atoms with Crippen molar-refractivity contribution in [2.45, 2.75) is 33.1 Å². The molecule has 0 N–H and O–H groups in total. The van der Waals surface area contributed by atoms with E-state index in [0.29, 0.717) is 5.69 Å². The van der Waals surface area contributed by atoms with Gasteiger partial charge in [-0.05, 0) is 25.0 Å². The zero-order chi connectivity index (χ0) is 13.0. The normalized spacial score (nSPS) is 11.0. The van der Waals surface area contributed by atoms with E-state index in [2.05, 4.69) is 4.98 Å². The highest BCUT2D eigenvalue weighted by Crippen LogP contribution is 2.24. The van der Waals surface area contributed by atoms with Crippen LogP contribution in [0.4, 0.5) is 8.78 Å². The molecule has 0 saturated heterocycles. The van der Waals surface area contributed by atoms with Gasteiger partial charge < -0.3 is 4.74 Å². The molecule has 1 rings (SSSR count). The summed E-state index contributed by atoms with van der Waals surface area (Å²) in [5.41, 5.74) is -0.130. The molecule has 94 valence electrons. The van der Waals surface area contributed by atoms with Crippen LogP contribution in [0.25, 0.3) is 0 Å². The summed E-state index contributed by atoms with van der Waals surface area (Å²) in [4.78, 5) is 15.3. The molecule has 0 aliphatic carbocycles. The van der Waals surface area contributed by atoms with Crippen LogP contribution in [0.15, 0.2) is 12.1 Å². The van der Waals surface area contributed by atoms with Crippen molar-refractivity contribution in [2.75, 3.05) is 6.61 Å². The van der Waals surface area contributed by atoms with E-state index in [9.17, 15) is 13.6 Å². The van der Waals surface area contributed by atoms with Crippen LogP contribution in [0.1, 0.15) is 54.9 Å². The van der Waals surface area contributed by atoms with Gasteiger partial charge in [-0.1, -0.05) is 13.8 Å². The molecule has 0 atom stereocenters. The molecule has 17 heavy (non-hydrogen) atoms. The van der Waals surface area contributed by atoms with Gasteiger partial charge in [0.2, 0.25) is 0 Å². The number of esters is 1. The number of rotatable bonds is 4. The SMILES string of the molecule is CCOC(=O)c1ccc(C(C)C)nc1C(F)F. The van der Waals surface area contributed by atoms with Crippen LogP contribution in [-0.2, 0) is 4.74 Å². The number of carbonyl (C=O) groups is 1. The topological polar surface area (TPSA) is 39.2 Å². The maximum absolute atomic E-state index is 12.8. The molecule has 0 bridgehead atoms. The van der Waals surface area contributed by atoms with Crippen LogP contribution < -0.4 is 0 Å². The van der Waals surface area contributed by atoms with E-state index in [4.69, 9.17) is 4.74 Å². The second-order valence-corrected chi connectivity index (χ2v) is 3.84. The summed E-state index contributed by atoms with van der Waals surface area (Å²) >= 11 is 0. The Bertz CT molecular complexity index is 405. The number of pyridine rings is 1. The largest absolute Gasteiger partial charge is 0.462 e. The van der Waals surface area contributed by atoms with Crippen LogP contribution in [-0.4, -0.2) is 17.6 Å². The van der Waals surface area contributed by atoms with Gasteiger partial charge in [0.05, 0.1) is 12.2 Å². The van der Waals surface area contributed by atoms with Gasteiger partial charge >= 0.3 is 5.97 Å². The zero-order valence-electron chi connectivity index (χ0n) is 10.0. The average Bonchev–Trinajstić information content (AvgIpc) is 2.28. The van der Waals surface area contributed by atoms with Crippen molar-refractivity contribution in [2.24, 2.45) is 0 Å². The second kappa shape index (κ2) is 5.70. The molecule has 1 aromatic heterocycles. The molecule has 1 heterocycles. The van der Waals surface area contributed by atoms with E-state index < -0.39 is 18.1 Å². The molecule has 0 radical (unpaired) electrons. The molecule has 5 heteroatoms. The van der Waals surface area contributed by atoms with Gasteiger partial charge in [-0.3, -0.25) is 4.98 Å². The van der Waals surface area contributed by atoms with E-state index in [-0.39, 0.29) is 18.1 Å². The second-order valence-electron chi connectivity index (χ2n) is 3.84. The highest BCUT2D eigenvalue weighted by Gasteiger charge is 2.22. The maximum Gasteiger partial charge on any atom is 0.340 e. The Morgan fingerprint density at radius 3 is 2.53 bits per heavy atom. The number of halogens is 2. The third-order valence-electron chi connectivity index (χ3n) is 2.24. The Morgan fingerprint density at radius 1 is 1.41 bits per heavy atom. The van der Waals surface area contributed by atoms with E-state index >= 15 is 0 Å². The standard InChI is InChI=1S/C12H15F2NO2/c1-4-17-12(16)8-5-6-9(7(2)3)15-10(8)11(13)14/h5-7,11H,4H2,1-3H3. The lowest BCUT2D eigenvalue weighted by Gasteiger charge is -2.11. The van der Waals surface area contributed by atoms with Gasteiger partial charge in [0.15, 0.2) is 0 Å². The molecule has 0 aliphatic rings. The van der Waals surface area contributed by atoms with Crippen molar-refractivity contribution in [1.29, 1.82) is 0 Å². The van der Waals surface area contributed by atoms with Crippen LogP contribution >= 0.6 is 0 Å². The van der Waals surface area contributed by atoms with E-state index in [0.717, 1.165) is 0 Å². The Kier molecular flexibility index (Phi) is 4.54. The summed E-state index contributed by atoms with van der Waals surface area (Å²) in [6, 6.07) is 2.92. The predicted octanol–water partition coefficient (Wildman–Crippen LogP) is 3.32. The third kappa shape index (κ3) is 3.22. The number of hydrogen-bond donors (Lipinski definition) is 0. The zero-order valence-corrected chi connectivity index (χ0v) is 10.0. The first-order valence-corrected chi connectivity index (χ1v) is 5.43. The van der Waals surface area contributed by atoms with Gasteiger partial charge in [-0.15, -0.1) is 0 Å². The third-order valence-corrected chi connectivity index (χ3v) is 2.24. The monoisotopic (exact) mass is 243 g/mol. The van der Waals surface area contributed by atoms with Crippen molar-refractivity contribution in [1.82, 2.24) is 4.98 Å². The number of carbonyl (C=O) groups excluding carboxylic acids is 1. The van der Waals surface area contributed by atoms with Gasteiger partial charge in [0.25, 0.3) is 6.43 Å². The first-order chi connectivity index (χ1) is 7.97. The molecule has 0 unspecified atom stereocenters. The molecule has 0 amide bonds. The summed E-state index contributed by atoms with van der Waals surface area (Å²) in [5, 5.41) is 0. The van der Waals surface area contributed by atoms with Crippen molar-refractivity contribution in [3.8, 4) is 0 Å². The van der Waals surface area contributed by atoms with Crippen molar-refractivity contribution in [3.63, 3.8) is 0 Å². The highest BCUT2D eigenvalue weighted by molar-refractivity contribution is 5.90. The number of alkyl halides is 2. The summed E-state index contributed by atoms with van der Waals surface area (Å²) in [5.74, 6) is -0.727. The van der Waals surface area contributed by atoms with E-state index in [1.54, 1.807) is 13.0 Å². The smallest absolute Gasteiger partial charge is 0.340 e. The summed E-state index contributed by atoms with van der Waals surface area (Å²) < 4.78 is 30.3. The average molecular weight is 243 g/mol. The van der Waals surface area contributed by atoms with Crippen molar-refractivity contribution < 1.29 is 18.3 Å². The molecular formula is C12H15F2NO2. The summed E-state index contributed by atoms with van der Waals surface area (Å²) in [6.07, 6.45) is -2.78. The molecule has 0 fully saturated rings. The Balaban J connectivity index is 3.17. The molecule has 0 spiro atoms. The van der Waals surface area contributed by atoms with Crippen LogP contribution in [0.5, 0.6) is 0 Å². The predicted molar refractivity (Wildman–Crippen MR) is 59.2 cm³/mol. The summed E-state index contributed by atoms with van der Waals surface area (Å²) in [6.45, 7) is 5.46. The summed E-state index contributed by atoms with van der Waals surface area (Å²) in [7, 11) is 0. The Hall–Kier alpha value is -1.52. The Labute approximate surface area is 98.8 Å². The minimum absolute atomic E-state index is 0.0312. The van der Waals surface area contributed by atoms with Crippen LogP contribution in [0.2, 0.25) is 0 Å². The van der Waals surface area contributed by atoms with Crippen LogP contribution in [0.3, 0.4) is 0 Å². The van der Waals surface area contributed by atoms with Crippen molar-refractivity contribution in [3.05, 3.63) is 29.1 Å². The lowest BCUT2D eigenvalue weighted by Crippen LogP contribution is -2.11. The fourth-order valence-electron chi connectivity index (χ4n) is 1.36. The van der Waals surface area contributed by atoms with E-state index in [1.165, 1.54) is 6.07 Å². The molecule has 0 saturated carbocycles. The van der Waals surface area contributed by atoms with Gasteiger partial charge in [0.1, 0.15) is 5.69 Å². The molecule has 0 aliphatic heterocycles. The van der Waals surface area contributed by atoms with Crippen molar-refractivity contribution >= 4 is 5.97 Å². The highest BCUT2D eigenvalue weighted by atomic mass is 19.3. The Morgan fingerprint density at radius 2 is 2.06 bits per heavy atom. The van der Waals surface area contributed by atoms with Crippen LogP contribution in [0, 0.1) is 0 Å². The number of hydrogen-bond acceptors (Lipinski definition) is 3. The van der Waals surface area contributed by atoms with Gasteiger partial charge in [0, 0.05) is 5.69 Å². The molecule has 3 nitrogen and oxygen atoms in total. The number of ether oxygens (including phenoxy) is 1. The maximum atomic E-state index is 12.8. The lowest BCUT2D eigenvalue weighted by atomic mass is 10.1. The van der Waals surface area contributed by atoms with E-state index in [1.807, 2.05) is 13.8 Å². The fraction of sp³-hybridized carbons (Fsp3) is 0.500. The van der Waals surface area contributed by atoms with Gasteiger partial charge in [-0.25, -0.2) is 13.6 Å². The minimum Gasteiger partial charge on any atom is -0.462 e. The lowest BCUT2D eigenvalue weighted by molar-refractivity contribution is 0.0513.